The predicted molar refractivity (Wildman–Crippen MR) is 88.9 cm³/mol. The van der Waals surface area contributed by atoms with Gasteiger partial charge in [0.1, 0.15) is 5.75 Å². The van der Waals surface area contributed by atoms with Crippen LogP contribution in [-0.4, -0.2) is 30.2 Å². The fourth-order valence-corrected chi connectivity index (χ4v) is 3.90. The molecule has 2 atom stereocenters. The molecule has 0 radical (unpaired) electrons. The molecule has 1 N–H and O–H groups in total. The van der Waals surface area contributed by atoms with Crippen molar-refractivity contribution in [3.05, 3.63) is 29.8 Å². The van der Waals surface area contributed by atoms with Crippen molar-refractivity contribution >= 4 is 11.8 Å². The summed E-state index contributed by atoms with van der Waals surface area (Å²) in [5.41, 5.74) is 1.39. The number of nitrogens with one attached hydrogen (secondary N) is 1. The molecule has 2 rings (SSSR count). The normalized spacial score (nSPS) is 23.8. The highest BCUT2D eigenvalue weighted by Crippen LogP contribution is 2.37. The van der Waals surface area contributed by atoms with Crippen molar-refractivity contribution < 1.29 is 4.74 Å². The lowest BCUT2D eigenvalue weighted by Gasteiger charge is -2.25. The summed E-state index contributed by atoms with van der Waals surface area (Å²) in [7, 11) is 1.71. The second-order valence-corrected chi connectivity index (χ2v) is 7.75. The minimum Gasteiger partial charge on any atom is -0.497 e. The molecule has 0 amide bonds. The number of thioether (sulfide) groups is 1. The molecule has 1 aromatic carbocycles. The summed E-state index contributed by atoms with van der Waals surface area (Å²) in [5.74, 6) is 2.27. The summed E-state index contributed by atoms with van der Waals surface area (Å²) in [5, 5.41) is 3.71. The van der Waals surface area contributed by atoms with E-state index in [4.69, 9.17) is 4.74 Å². The van der Waals surface area contributed by atoms with Crippen molar-refractivity contribution in [2.75, 3.05) is 19.4 Å². The zero-order valence-corrected chi connectivity index (χ0v) is 13.8. The Kier molecular flexibility index (Phi) is 5.79. The van der Waals surface area contributed by atoms with Crippen molar-refractivity contribution in [1.29, 1.82) is 0 Å². The second kappa shape index (κ2) is 7.37. The van der Waals surface area contributed by atoms with Crippen LogP contribution in [0.5, 0.6) is 5.75 Å². The summed E-state index contributed by atoms with van der Waals surface area (Å²) in [6, 6.07) is 9.00. The second-order valence-electron chi connectivity index (χ2n) is 6.07. The number of hydrogen-bond donors (Lipinski definition) is 1. The van der Waals surface area contributed by atoms with Gasteiger partial charge in [-0.05, 0) is 63.0 Å². The van der Waals surface area contributed by atoms with E-state index in [1.165, 1.54) is 30.6 Å². The quantitative estimate of drug-likeness (QED) is 0.824. The highest BCUT2D eigenvalue weighted by atomic mass is 32.2. The largest absolute Gasteiger partial charge is 0.497 e. The van der Waals surface area contributed by atoms with E-state index in [1.807, 2.05) is 12.1 Å². The van der Waals surface area contributed by atoms with E-state index in [-0.39, 0.29) is 0 Å². The molecule has 0 spiro atoms. The summed E-state index contributed by atoms with van der Waals surface area (Å²) in [6.45, 7) is 5.84. The first-order chi connectivity index (χ1) is 9.61. The third kappa shape index (κ3) is 4.71. The van der Waals surface area contributed by atoms with Crippen LogP contribution in [0.15, 0.2) is 24.3 Å². The van der Waals surface area contributed by atoms with Gasteiger partial charge in [0.15, 0.2) is 0 Å². The lowest BCUT2D eigenvalue weighted by Crippen LogP contribution is -2.38. The van der Waals surface area contributed by atoms with Gasteiger partial charge in [0.2, 0.25) is 0 Å². The lowest BCUT2D eigenvalue weighted by atomic mass is 10.0. The van der Waals surface area contributed by atoms with Crippen LogP contribution in [0.2, 0.25) is 0 Å². The molecule has 1 aromatic rings. The molecule has 2 unspecified atom stereocenters. The summed E-state index contributed by atoms with van der Waals surface area (Å²) >= 11 is 2.13. The maximum atomic E-state index is 5.19. The van der Waals surface area contributed by atoms with Gasteiger partial charge >= 0.3 is 0 Å². The van der Waals surface area contributed by atoms with Crippen molar-refractivity contribution in [3.8, 4) is 5.75 Å². The zero-order valence-electron chi connectivity index (χ0n) is 12.9. The van der Waals surface area contributed by atoms with E-state index >= 15 is 0 Å². The van der Waals surface area contributed by atoms with Crippen LogP contribution < -0.4 is 10.1 Å². The summed E-state index contributed by atoms with van der Waals surface area (Å²) < 4.78 is 5.65. The van der Waals surface area contributed by atoms with E-state index < -0.39 is 0 Å². The SMILES string of the molecule is COc1ccc(CCC(C)NCC2(C)CCCS2)cc1. The van der Waals surface area contributed by atoms with Crippen molar-refractivity contribution in [1.82, 2.24) is 5.32 Å². The third-order valence-corrected chi connectivity index (χ3v) is 5.69. The number of methoxy groups -OCH3 is 1. The number of aryl methyl sites for hydroxylation is 1. The van der Waals surface area contributed by atoms with Gasteiger partial charge in [0, 0.05) is 17.3 Å². The van der Waals surface area contributed by atoms with E-state index in [0.717, 1.165) is 18.7 Å². The average Bonchev–Trinajstić information content (AvgIpc) is 2.91. The molecular weight excluding hydrogens is 266 g/mol. The molecule has 3 heteroatoms. The van der Waals surface area contributed by atoms with Crippen LogP contribution >= 0.6 is 11.8 Å². The molecule has 0 aliphatic carbocycles. The number of ether oxygens (including phenoxy) is 1. The zero-order chi connectivity index (χ0) is 14.4. The molecule has 20 heavy (non-hydrogen) atoms. The van der Waals surface area contributed by atoms with Crippen LogP contribution in [0.4, 0.5) is 0 Å². The van der Waals surface area contributed by atoms with E-state index in [2.05, 4.69) is 43.1 Å². The van der Waals surface area contributed by atoms with Crippen LogP contribution in [-0.2, 0) is 6.42 Å². The molecular formula is C17H27NOS. The van der Waals surface area contributed by atoms with E-state index in [0.29, 0.717) is 10.8 Å². The minimum atomic E-state index is 0.467. The monoisotopic (exact) mass is 293 g/mol. The topological polar surface area (TPSA) is 21.3 Å². The molecule has 0 bridgehead atoms. The molecule has 0 aromatic heterocycles. The Labute approximate surface area is 127 Å². The first-order valence-corrected chi connectivity index (χ1v) is 8.60. The van der Waals surface area contributed by atoms with E-state index in [1.54, 1.807) is 7.11 Å². The Morgan fingerprint density at radius 3 is 2.70 bits per heavy atom. The third-order valence-electron chi connectivity index (χ3n) is 4.15. The van der Waals surface area contributed by atoms with Crippen LogP contribution in [0.3, 0.4) is 0 Å². The van der Waals surface area contributed by atoms with Gasteiger partial charge in [-0.25, -0.2) is 0 Å². The Morgan fingerprint density at radius 2 is 2.10 bits per heavy atom. The minimum absolute atomic E-state index is 0.467. The lowest BCUT2D eigenvalue weighted by molar-refractivity contribution is 0.414. The molecule has 1 heterocycles. The van der Waals surface area contributed by atoms with E-state index in [9.17, 15) is 0 Å². The number of rotatable bonds is 7. The van der Waals surface area contributed by atoms with Gasteiger partial charge in [-0.1, -0.05) is 12.1 Å². The van der Waals surface area contributed by atoms with Gasteiger partial charge in [0.25, 0.3) is 0 Å². The maximum absolute atomic E-state index is 5.19. The summed E-state index contributed by atoms with van der Waals surface area (Å²) in [4.78, 5) is 0. The molecule has 1 fully saturated rings. The van der Waals surface area contributed by atoms with Crippen molar-refractivity contribution in [3.63, 3.8) is 0 Å². The predicted octanol–water partition coefficient (Wildman–Crippen LogP) is 3.89. The van der Waals surface area contributed by atoms with Gasteiger partial charge in [-0.15, -0.1) is 0 Å². The Bertz CT molecular complexity index is 398. The van der Waals surface area contributed by atoms with Crippen molar-refractivity contribution in [2.24, 2.45) is 0 Å². The average molecular weight is 293 g/mol. The molecule has 1 saturated heterocycles. The first kappa shape index (κ1) is 15.7. The molecule has 0 saturated carbocycles. The molecule has 1 aliphatic heterocycles. The van der Waals surface area contributed by atoms with Crippen LogP contribution in [0, 0.1) is 0 Å². The molecule has 1 aliphatic rings. The fourth-order valence-electron chi connectivity index (χ4n) is 2.64. The van der Waals surface area contributed by atoms with Crippen LogP contribution in [0.25, 0.3) is 0 Å². The fraction of sp³-hybridized carbons (Fsp3) is 0.647. The maximum Gasteiger partial charge on any atom is 0.118 e. The Balaban J connectivity index is 1.70. The standard InChI is InChI=1S/C17H27NOS/c1-14(18-13-17(2)11-4-12-20-17)5-6-15-7-9-16(19-3)10-8-15/h7-10,14,18H,4-6,11-13H2,1-3H3. The Morgan fingerprint density at radius 1 is 1.35 bits per heavy atom. The van der Waals surface area contributed by atoms with Crippen LogP contribution in [0.1, 0.15) is 38.7 Å². The molecule has 2 nitrogen and oxygen atoms in total. The number of hydrogen-bond acceptors (Lipinski definition) is 3. The highest BCUT2D eigenvalue weighted by Gasteiger charge is 2.29. The highest BCUT2D eigenvalue weighted by molar-refractivity contribution is 8.00. The smallest absolute Gasteiger partial charge is 0.118 e. The van der Waals surface area contributed by atoms with Crippen molar-refractivity contribution in [2.45, 2.75) is 50.3 Å². The Hall–Kier alpha value is -0.670. The molecule has 112 valence electrons. The number of benzene rings is 1. The van der Waals surface area contributed by atoms with Gasteiger partial charge in [-0.2, -0.15) is 11.8 Å². The van der Waals surface area contributed by atoms with Gasteiger partial charge in [-0.3, -0.25) is 0 Å². The van der Waals surface area contributed by atoms with Gasteiger partial charge < -0.3 is 10.1 Å². The first-order valence-electron chi connectivity index (χ1n) is 7.62. The summed E-state index contributed by atoms with van der Waals surface area (Å²) in [6.07, 6.45) is 5.05. The van der Waals surface area contributed by atoms with Gasteiger partial charge in [0.05, 0.1) is 7.11 Å².